The topological polar surface area (TPSA) is 102 Å². The molecule has 11 heteroatoms. The van der Waals surface area contributed by atoms with Crippen molar-refractivity contribution in [2.24, 2.45) is 0 Å². The number of rotatable bonds is 2. The zero-order valence-corrected chi connectivity index (χ0v) is 18.2. The zero-order valence-electron chi connectivity index (χ0n) is 18.2. The lowest BCUT2D eigenvalue weighted by atomic mass is 9.67. The monoisotopic (exact) mass is 478 g/mol. The highest BCUT2D eigenvalue weighted by molar-refractivity contribution is 5.91. The molecule has 0 bridgehead atoms. The molecule has 2 aromatic carbocycles. The number of nitrogens with zero attached hydrogens (tertiary/aromatic N) is 3. The first-order chi connectivity index (χ1) is 15.8. The highest BCUT2D eigenvalue weighted by Gasteiger charge is 2.50. The second-order valence-electron chi connectivity index (χ2n) is 8.89. The van der Waals surface area contributed by atoms with Gasteiger partial charge < -0.3 is 15.5 Å². The number of aromatic hydroxyl groups is 1. The molecular weight excluding hydrogens is 459 g/mol. The molecular formula is C23H19F5N4O2. The molecule has 1 aliphatic carbocycles. The number of aryl methyl sites for hydroxylation is 1. The third-order valence-corrected chi connectivity index (χ3v) is 6.04. The first-order valence-electron chi connectivity index (χ1n) is 10.2. The van der Waals surface area contributed by atoms with Crippen LogP contribution in [0.3, 0.4) is 0 Å². The molecule has 0 saturated carbocycles. The molecule has 178 valence electrons. The molecule has 1 aliphatic rings. The van der Waals surface area contributed by atoms with Crippen LogP contribution in [0.4, 0.5) is 27.6 Å². The average Bonchev–Trinajstić information content (AvgIpc) is 2.70. The van der Waals surface area contributed by atoms with E-state index in [0.29, 0.717) is 5.82 Å². The molecule has 0 spiro atoms. The van der Waals surface area contributed by atoms with Gasteiger partial charge in [0.1, 0.15) is 23.3 Å². The van der Waals surface area contributed by atoms with Gasteiger partial charge in [-0.15, -0.1) is 0 Å². The number of phenols is 1. The third kappa shape index (κ3) is 3.68. The van der Waals surface area contributed by atoms with E-state index < -0.39 is 57.8 Å². The summed E-state index contributed by atoms with van der Waals surface area (Å²) in [6.45, 7) is 4.48. The summed E-state index contributed by atoms with van der Waals surface area (Å²) in [7, 11) is 0. The van der Waals surface area contributed by atoms with Crippen molar-refractivity contribution in [3.8, 4) is 11.8 Å². The summed E-state index contributed by atoms with van der Waals surface area (Å²) in [5.41, 5.74) is -5.16. The third-order valence-electron chi connectivity index (χ3n) is 6.04. The summed E-state index contributed by atoms with van der Waals surface area (Å²) in [4.78, 5) is 8.16. The lowest BCUT2D eigenvalue weighted by Crippen LogP contribution is -2.41. The number of nitrogens with one attached hydrogen (secondary N) is 1. The van der Waals surface area contributed by atoms with E-state index in [-0.39, 0.29) is 28.6 Å². The number of hydrogen-bond acceptors (Lipinski definition) is 6. The van der Waals surface area contributed by atoms with E-state index >= 15 is 0 Å². The summed E-state index contributed by atoms with van der Waals surface area (Å²) in [5, 5.41) is 33.7. The van der Waals surface area contributed by atoms with Gasteiger partial charge in [0.05, 0.1) is 23.2 Å². The van der Waals surface area contributed by atoms with Crippen molar-refractivity contribution in [3.63, 3.8) is 0 Å². The smallest absolute Gasteiger partial charge is 0.418 e. The van der Waals surface area contributed by atoms with E-state index in [4.69, 9.17) is 0 Å². The number of aromatic nitrogens is 2. The first kappa shape index (κ1) is 23.6. The van der Waals surface area contributed by atoms with Gasteiger partial charge in [-0.25, -0.2) is 18.7 Å². The summed E-state index contributed by atoms with van der Waals surface area (Å²) in [6, 6.07) is 1.76. The Morgan fingerprint density at radius 1 is 1.24 bits per heavy atom. The van der Waals surface area contributed by atoms with E-state index in [2.05, 4.69) is 15.3 Å². The maximum Gasteiger partial charge on any atom is 0.418 e. The second-order valence-corrected chi connectivity index (χ2v) is 8.89. The molecule has 3 N–H and O–H groups in total. The average molecular weight is 478 g/mol. The van der Waals surface area contributed by atoms with Crippen molar-refractivity contribution in [1.82, 2.24) is 9.97 Å². The van der Waals surface area contributed by atoms with Gasteiger partial charge in [-0.3, -0.25) is 0 Å². The number of fused-ring (bicyclic) bond motifs is 2. The Bertz CT molecular complexity index is 1360. The lowest BCUT2D eigenvalue weighted by Gasteiger charge is -2.43. The molecule has 0 aliphatic heterocycles. The molecule has 2 unspecified atom stereocenters. The van der Waals surface area contributed by atoms with Crippen LogP contribution in [-0.2, 0) is 11.6 Å². The van der Waals surface area contributed by atoms with E-state index in [1.54, 1.807) is 6.92 Å². The standard InChI is InChI=1S/C23H19F5N4O2/c1-9-30-8-12-13(31-9)4-10(24)5-14(12)32-20-15(33)6-22(2,3)18-16(20)17(23(26,27)28)11(7-29)19(25)21(18)34/h4-5,8,15,20,32-34H,6H2,1-3H3. The highest BCUT2D eigenvalue weighted by atomic mass is 19.4. The largest absolute Gasteiger partial charge is 0.505 e. The predicted octanol–water partition coefficient (Wildman–Crippen LogP) is 5.01. The van der Waals surface area contributed by atoms with Crippen molar-refractivity contribution in [3.05, 3.63) is 58.0 Å². The summed E-state index contributed by atoms with van der Waals surface area (Å²) < 4.78 is 71.7. The van der Waals surface area contributed by atoms with Crippen molar-refractivity contribution in [1.29, 1.82) is 5.26 Å². The van der Waals surface area contributed by atoms with Crippen molar-refractivity contribution in [2.75, 3.05) is 5.32 Å². The van der Waals surface area contributed by atoms with Gasteiger partial charge in [0.2, 0.25) is 0 Å². The molecule has 1 heterocycles. The van der Waals surface area contributed by atoms with Crippen LogP contribution in [0.2, 0.25) is 0 Å². The maximum atomic E-state index is 14.8. The molecule has 6 nitrogen and oxygen atoms in total. The minimum absolute atomic E-state index is 0.0137. The number of aliphatic hydroxyl groups excluding tert-OH is 1. The van der Waals surface area contributed by atoms with Crippen LogP contribution in [0.25, 0.3) is 10.9 Å². The molecule has 2 atom stereocenters. The van der Waals surface area contributed by atoms with Crippen LogP contribution < -0.4 is 5.32 Å². The molecule has 1 aromatic heterocycles. The fourth-order valence-corrected chi connectivity index (χ4v) is 4.70. The van der Waals surface area contributed by atoms with E-state index in [0.717, 1.165) is 12.1 Å². The number of nitriles is 1. The van der Waals surface area contributed by atoms with Gasteiger partial charge >= 0.3 is 6.18 Å². The quantitative estimate of drug-likeness (QED) is 0.448. The summed E-state index contributed by atoms with van der Waals surface area (Å²) >= 11 is 0. The number of phenolic OH excluding ortho intramolecular Hbond substituents is 1. The van der Waals surface area contributed by atoms with Gasteiger partial charge in [-0.2, -0.15) is 18.4 Å². The number of aliphatic hydroxyl groups is 1. The molecule has 4 rings (SSSR count). The van der Waals surface area contributed by atoms with Crippen LogP contribution in [0.5, 0.6) is 5.75 Å². The van der Waals surface area contributed by atoms with Gasteiger partial charge in [-0.05, 0) is 30.4 Å². The molecule has 3 aromatic rings. The van der Waals surface area contributed by atoms with Crippen molar-refractivity contribution >= 4 is 16.6 Å². The fraction of sp³-hybridized carbons (Fsp3) is 0.348. The van der Waals surface area contributed by atoms with E-state index in [1.165, 1.54) is 26.1 Å². The summed E-state index contributed by atoms with van der Waals surface area (Å²) in [5.74, 6) is -3.18. The Kier molecular flexibility index (Phi) is 5.40. The van der Waals surface area contributed by atoms with Crippen molar-refractivity contribution in [2.45, 2.75) is 50.9 Å². The minimum Gasteiger partial charge on any atom is -0.505 e. The van der Waals surface area contributed by atoms with Gasteiger partial charge in [0.15, 0.2) is 11.6 Å². The van der Waals surface area contributed by atoms with Crippen LogP contribution in [0.15, 0.2) is 18.3 Å². The first-order valence-corrected chi connectivity index (χ1v) is 10.2. The van der Waals surface area contributed by atoms with Crippen LogP contribution in [0, 0.1) is 29.9 Å². The SMILES string of the molecule is Cc1ncc2c(NC3c4c(C(F)(F)F)c(C#N)c(F)c(O)c4C(C)(C)CC3O)cc(F)cc2n1. The van der Waals surface area contributed by atoms with Crippen molar-refractivity contribution < 1.29 is 32.2 Å². The minimum atomic E-state index is -5.19. The summed E-state index contributed by atoms with van der Waals surface area (Å²) in [6.07, 6.45) is -5.46. The number of alkyl halides is 3. The molecule has 0 fully saturated rings. The Hall–Kier alpha value is -3.52. The Morgan fingerprint density at radius 3 is 2.53 bits per heavy atom. The highest BCUT2D eigenvalue weighted by Crippen LogP contribution is 2.53. The number of anilines is 1. The fourth-order valence-electron chi connectivity index (χ4n) is 4.70. The van der Waals surface area contributed by atoms with Gasteiger partial charge in [0.25, 0.3) is 0 Å². The number of benzene rings is 2. The van der Waals surface area contributed by atoms with Crippen LogP contribution in [0.1, 0.15) is 54.4 Å². The van der Waals surface area contributed by atoms with Crippen LogP contribution in [-0.4, -0.2) is 26.3 Å². The Morgan fingerprint density at radius 2 is 1.91 bits per heavy atom. The van der Waals surface area contributed by atoms with E-state index in [1.807, 2.05) is 0 Å². The van der Waals surface area contributed by atoms with Gasteiger partial charge in [-0.1, -0.05) is 13.8 Å². The second kappa shape index (κ2) is 7.77. The Labute approximate surface area is 190 Å². The number of hydrogen-bond donors (Lipinski definition) is 3. The Balaban J connectivity index is 2.04. The molecule has 0 radical (unpaired) electrons. The zero-order chi connectivity index (χ0) is 25.2. The van der Waals surface area contributed by atoms with E-state index in [9.17, 15) is 37.4 Å². The molecule has 0 saturated heterocycles. The predicted molar refractivity (Wildman–Crippen MR) is 112 cm³/mol. The maximum absolute atomic E-state index is 14.8. The number of halogens is 5. The lowest BCUT2D eigenvalue weighted by molar-refractivity contribution is -0.139. The normalized spacial score (nSPS) is 19.5. The van der Waals surface area contributed by atoms with Gasteiger partial charge in [0, 0.05) is 28.9 Å². The van der Waals surface area contributed by atoms with Crippen LogP contribution >= 0.6 is 0 Å². The molecule has 0 amide bonds. The molecule has 34 heavy (non-hydrogen) atoms.